The van der Waals surface area contributed by atoms with Crippen molar-refractivity contribution in [2.75, 3.05) is 28.8 Å². The fraction of sp³-hybridized carbons (Fsp3) is 0.471. The third kappa shape index (κ3) is 3.47. The first kappa shape index (κ1) is 19.8. The number of hydrogen-bond donors (Lipinski definition) is 1. The lowest BCUT2D eigenvalue weighted by molar-refractivity contribution is 0.209. The summed E-state index contributed by atoms with van der Waals surface area (Å²) in [6.45, 7) is 1.80. The van der Waals surface area contributed by atoms with Crippen molar-refractivity contribution in [2.24, 2.45) is 0 Å². The van der Waals surface area contributed by atoms with E-state index in [0.717, 1.165) is 36.8 Å². The van der Waals surface area contributed by atoms with Crippen molar-refractivity contribution >= 4 is 44.0 Å². The summed E-state index contributed by atoms with van der Waals surface area (Å²) in [6.07, 6.45) is 2.94. The van der Waals surface area contributed by atoms with E-state index in [1.165, 1.54) is 18.3 Å². The van der Waals surface area contributed by atoms with E-state index in [1.807, 2.05) is 0 Å². The molecule has 2 saturated heterocycles. The van der Waals surface area contributed by atoms with Crippen molar-refractivity contribution in [3.63, 3.8) is 0 Å². The molecule has 3 heterocycles. The second kappa shape index (κ2) is 7.40. The van der Waals surface area contributed by atoms with E-state index in [2.05, 4.69) is 15.2 Å². The Morgan fingerprint density at radius 2 is 2.29 bits per heavy atom. The van der Waals surface area contributed by atoms with Gasteiger partial charge in [-0.2, -0.15) is 8.42 Å². The molecule has 0 spiro atoms. The van der Waals surface area contributed by atoms with Gasteiger partial charge >= 0.3 is 0 Å². The van der Waals surface area contributed by atoms with Crippen molar-refractivity contribution in [1.82, 2.24) is 9.88 Å². The minimum absolute atomic E-state index is 0.0331. The molecule has 6 nitrogen and oxygen atoms in total. The largest absolute Gasteiger partial charge is 0.383 e. The van der Waals surface area contributed by atoms with Crippen LogP contribution in [0, 0.1) is 5.82 Å². The fourth-order valence-corrected chi connectivity index (χ4v) is 6.31. The van der Waals surface area contributed by atoms with Crippen LogP contribution in [-0.2, 0) is 10.0 Å². The number of fused-ring (bicyclic) bond motifs is 1. The Balaban J connectivity index is 1.51. The highest BCUT2D eigenvalue weighted by atomic mass is 35.5. The number of anilines is 2. The van der Waals surface area contributed by atoms with E-state index in [-0.39, 0.29) is 10.7 Å². The Kier molecular flexibility index (Phi) is 5.24. The molecular weight excluding hydrogens is 430 g/mol. The van der Waals surface area contributed by atoms with Gasteiger partial charge in [0.2, 0.25) is 5.13 Å². The number of halogens is 3. The Labute approximate surface area is 171 Å². The highest BCUT2D eigenvalue weighted by molar-refractivity contribution is 7.94. The van der Waals surface area contributed by atoms with Gasteiger partial charge in [-0.15, -0.1) is 15.2 Å². The highest BCUT2D eigenvalue weighted by Crippen LogP contribution is 2.40. The van der Waals surface area contributed by atoms with Crippen LogP contribution in [0.3, 0.4) is 0 Å². The molecule has 1 aromatic heterocycles. The third-order valence-corrected chi connectivity index (χ3v) is 8.53. The molecule has 2 aliphatic rings. The quantitative estimate of drug-likeness (QED) is 0.684. The maximum atomic E-state index is 14.6. The summed E-state index contributed by atoms with van der Waals surface area (Å²) in [7, 11) is -4.28. The second-order valence-corrected chi connectivity index (χ2v) is 10.3. The van der Waals surface area contributed by atoms with Crippen molar-refractivity contribution in [3.8, 4) is 0 Å². The van der Waals surface area contributed by atoms with Gasteiger partial charge in [0.05, 0.1) is 0 Å². The van der Waals surface area contributed by atoms with Gasteiger partial charge < -0.3 is 5.32 Å². The number of thiazole rings is 1. The molecule has 2 aliphatic heterocycles. The fourth-order valence-electron chi connectivity index (χ4n) is 4.08. The average molecular weight is 449 g/mol. The third-order valence-electron chi connectivity index (χ3n) is 5.37. The van der Waals surface area contributed by atoms with E-state index in [4.69, 9.17) is 11.8 Å². The zero-order valence-electron chi connectivity index (χ0n) is 14.8. The Morgan fingerprint density at radius 1 is 1.46 bits per heavy atom. The van der Waals surface area contributed by atoms with Gasteiger partial charge in [-0.3, -0.25) is 4.90 Å². The summed E-state index contributed by atoms with van der Waals surface area (Å²) in [5, 5.41) is 4.75. The van der Waals surface area contributed by atoms with Gasteiger partial charge in [-0.25, -0.2) is 13.8 Å². The molecule has 1 N–H and O–H groups in total. The number of nitrogens with zero attached hydrogens (tertiary/aromatic N) is 3. The predicted molar refractivity (Wildman–Crippen MR) is 106 cm³/mol. The standard InChI is InChI=1S/C17H19ClF2N4O2S2/c18-24(16-21-5-7-27-16)28(25,26)15-3-2-13(8-14(15)20)22-11-17-4-1-6-23(17)10-12(19)9-17/h2-3,5,7-8,12,22H,1,4,6,9-11H2/t12-,17+/m0/s1. The molecule has 11 heteroatoms. The molecule has 0 bridgehead atoms. The minimum Gasteiger partial charge on any atom is -0.383 e. The van der Waals surface area contributed by atoms with Crippen LogP contribution < -0.4 is 9.14 Å². The number of nitrogens with one attached hydrogen (secondary N) is 1. The SMILES string of the molecule is O=S(=O)(c1ccc(NC[C@]23CCCN2C[C@@H](F)C3)cc1F)N(Cl)c1nccs1. The van der Waals surface area contributed by atoms with Gasteiger partial charge in [0.1, 0.15) is 16.9 Å². The zero-order chi connectivity index (χ0) is 19.9. The molecule has 1 aromatic carbocycles. The molecule has 4 rings (SSSR count). The lowest BCUT2D eigenvalue weighted by Gasteiger charge is -2.32. The van der Waals surface area contributed by atoms with E-state index in [9.17, 15) is 17.2 Å². The van der Waals surface area contributed by atoms with E-state index < -0.39 is 26.9 Å². The monoisotopic (exact) mass is 448 g/mol. The summed E-state index contributed by atoms with van der Waals surface area (Å²) >= 11 is 6.90. The molecule has 0 aliphatic carbocycles. The number of sulfonamides is 1. The van der Waals surface area contributed by atoms with Gasteiger partial charge in [-0.05, 0) is 44.0 Å². The smallest absolute Gasteiger partial charge is 0.283 e. The zero-order valence-corrected chi connectivity index (χ0v) is 17.2. The van der Waals surface area contributed by atoms with Gasteiger partial charge in [0.25, 0.3) is 10.0 Å². The Bertz CT molecular complexity index is 960. The van der Waals surface area contributed by atoms with Crippen molar-refractivity contribution < 1.29 is 17.2 Å². The van der Waals surface area contributed by atoms with Crippen molar-refractivity contribution in [3.05, 3.63) is 35.6 Å². The number of alkyl halides is 1. The Hall–Kier alpha value is -1.49. The predicted octanol–water partition coefficient (Wildman–Crippen LogP) is 3.62. The van der Waals surface area contributed by atoms with Gasteiger partial charge in [0, 0.05) is 47.7 Å². The lowest BCUT2D eigenvalue weighted by Crippen LogP contribution is -2.44. The van der Waals surface area contributed by atoms with Crippen LogP contribution in [0.5, 0.6) is 0 Å². The number of benzene rings is 1. The first-order valence-electron chi connectivity index (χ1n) is 8.85. The van der Waals surface area contributed by atoms with Crippen molar-refractivity contribution in [2.45, 2.75) is 35.9 Å². The van der Waals surface area contributed by atoms with Crippen LogP contribution in [0.25, 0.3) is 0 Å². The van der Waals surface area contributed by atoms with Crippen LogP contribution in [0.4, 0.5) is 19.6 Å². The van der Waals surface area contributed by atoms with Crippen molar-refractivity contribution in [1.29, 1.82) is 0 Å². The molecule has 28 heavy (non-hydrogen) atoms. The summed E-state index contributed by atoms with van der Waals surface area (Å²) in [5.74, 6) is -0.914. The summed E-state index contributed by atoms with van der Waals surface area (Å²) in [6, 6.07) is 3.78. The van der Waals surface area contributed by atoms with Crippen LogP contribution in [-0.4, -0.2) is 49.6 Å². The first-order valence-corrected chi connectivity index (χ1v) is 11.5. The molecular formula is C17H19ClF2N4O2S2. The molecule has 2 atom stereocenters. The van der Waals surface area contributed by atoms with E-state index in [1.54, 1.807) is 5.38 Å². The normalized spacial score (nSPS) is 25.0. The van der Waals surface area contributed by atoms with E-state index in [0.29, 0.717) is 29.0 Å². The molecule has 0 amide bonds. The van der Waals surface area contributed by atoms with E-state index >= 15 is 0 Å². The second-order valence-electron chi connectivity index (χ2n) is 7.11. The number of hydrogen-bond acceptors (Lipinski definition) is 6. The molecule has 152 valence electrons. The minimum atomic E-state index is -4.28. The number of aromatic nitrogens is 1. The summed E-state index contributed by atoms with van der Waals surface area (Å²) in [5.41, 5.74) is 0.189. The van der Waals surface area contributed by atoms with Gasteiger partial charge in [0.15, 0.2) is 0 Å². The maximum Gasteiger partial charge on any atom is 0.283 e. The van der Waals surface area contributed by atoms with Crippen LogP contribution in [0.15, 0.2) is 34.7 Å². The highest BCUT2D eigenvalue weighted by Gasteiger charge is 2.48. The molecule has 2 fully saturated rings. The van der Waals surface area contributed by atoms with Crippen LogP contribution in [0.2, 0.25) is 0 Å². The average Bonchev–Trinajstić information content (AvgIpc) is 3.35. The number of rotatable bonds is 6. The Morgan fingerprint density at radius 3 is 3.00 bits per heavy atom. The lowest BCUT2D eigenvalue weighted by atomic mass is 9.93. The first-order chi connectivity index (χ1) is 13.3. The topological polar surface area (TPSA) is 65.5 Å². The summed E-state index contributed by atoms with van der Waals surface area (Å²) in [4.78, 5) is 5.45. The van der Waals surface area contributed by atoms with Gasteiger partial charge in [-0.1, -0.05) is 0 Å². The molecule has 0 unspecified atom stereocenters. The maximum absolute atomic E-state index is 14.6. The molecule has 2 aromatic rings. The molecule has 0 radical (unpaired) electrons. The van der Waals surface area contributed by atoms with Crippen LogP contribution in [0.1, 0.15) is 19.3 Å². The van der Waals surface area contributed by atoms with Crippen LogP contribution >= 0.6 is 23.1 Å². The summed E-state index contributed by atoms with van der Waals surface area (Å²) < 4.78 is 54.0. The molecule has 0 saturated carbocycles.